The molecule has 0 bridgehead atoms. The molecule has 1 heterocycles. The number of likely N-dealkylation sites (N-methyl/N-ethyl adjacent to an activating group) is 1. The normalized spacial score (nSPS) is 12.1. The van der Waals surface area contributed by atoms with E-state index in [2.05, 4.69) is 36.7 Å². The lowest BCUT2D eigenvalue weighted by molar-refractivity contribution is 0.136. The lowest BCUT2D eigenvalue weighted by Crippen LogP contribution is -2.50. The Hall–Kier alpha value is -0.930. The average molecular weight is 221 g/mol. The van der Waals surface area contributed by atoms with Crippen molar-refractivity contribution in [3.63, 3.8) is 0 Å². The first-order valence-electron chi connectivity index (χ1n) is 5.95. The van der Waals surface area contributed by atoms with Gasteiger partial charge in [-0.2, -0.15) is 0 Å². The van der Waals surface area contributed by atoms with Crippen LogP contribution in [-0.4, -0.2) is 35.1 Å². The molecule has 0 saturated carbocycles. The molecule has 1 aromatic heterocycles. The summed E-state index contributed by atoms with van der Waals surface area (Å²) in [6.07, 6.45) is 2.83. The fraction of sp³-hybridized carbons (Fsp3) is 0.615. The Balaban J connectivity index is 2.53. The van der Waals surface area contributed by atoms with Crippen LogP contribution in [0.3, 0.4) is 0 Å². The van der Waals surface area contributed by atoms with Gasteiger partial charge in [0.25, 0.3) is 0 Å². The van der Waals surface area contributed by atoms with Gasteiger partial charge in [0.05, 0.1) is 0 Å². The number of nitrogens with zero attached hydrogens (tertiary/aromatic N) is 2. The van der Waals surface area contributed by atoms with E-state index < -0.39 is 0 Å². The van der Waals surface area contributed by atoms with E-state index in [1.54, 1.807) is 0 Å². The number of aromatic nitrogens is 1. The zero-order valence-electron chi connectivity index (χ0n) is 10.6. The highest BCUT2D eigenvalue weighted by Crippen LogP contribution is 2.12. The Labute approximate surface area is 98.7 Å². The molecule has 2 N–H and O–H groups in total. The molecule has 0 aromatic carbocycles. The third-order valence-electron chi connectivity index (χ3n) is 3.10. The van der Waals surface area contributed by atoms with E-state index in [0.29, 0.717) is 6.54 Å². The second kappa shape index (κ2) is 5.97. The van der Waals surface area contributed by atoms with Crippen LogP contribution in [0.5, 0.6) is 0 Å². The zero-order valence-corrected chi connectivity index (χ0v) is 10.6. The molecule has 0 aliphatic carbocycles. The second-order valence-electron chi connectivity index (χ2n) is 4.67. The Morgan fingerprint density at radius 2 is 2.12 bits per heavy atom. The van der Waals surface area contributed by atoms with Crippen LogP contribution in [0.1, 0.15) is 26.5 Å². The molecule has 1 aromatic rings. The third kappa shape index (κ3) is 3.58. The van der Waals surface area contributed by atoms with Crippen LogP contribution < -0.4 is 5.73 Å². The molecule has 90 valence electrons. The minimum absolute atomic E-state index is 0.0729. The smallest absolute Gasteiger partial charge is 0.0416 e. The highest BCUT2D eigenvalue weighted by Gasteiger charge is 2.23. The van der Waals surface area contributed by atoms with Gasteiger partial charge in [0, 0.05) is 36.9 Å². The monoisotopic (exact) mass is 221 g/mol. The molecule has 1 rings (SSSR count). The molecule has 0 atom stereocenters. The molecule has 0 amide bonds. The largest absolute Gasteiger partial charge is 0.329 e. The van der Waals surface area contributed by atoms with E-state index in [1.807, 2.05) is 18.3 Å². The van der Waals surface area contributed by atoms with Crippen LogP contribution in [0.15, 0.2) is 24.4 Å². The Morgan fingerprint density at radius 3 is 2.62 bits per heavy atom. The molecule has 16 heavy (non-hydrogen) atoms. The maximum absolute atomic E-state index is 5.79. The number of rotatable bonds is 6. The predicted molar refractivity (Wildman–Crippen MR) is 68.3 cm³/mol. The molecular formula is C13H23N3. The third-order valence-corrected chi connectivity index (χ3v) is 3.10. The molecule has 0 fully saturated rings. The quantitative estimate of drug-likeness (QED) is 0.794. The summed E-state index contributed by atoms with van der Waals surface area (Å²) in [5.41, 5.74) is 7.01. The van der Waals surface area contributed by atoms with Gasteiger partial charge in [-0.05, 0) is 32.5 Å². The fourth-order valence-corrected chi connectivity index (χ4v) is 1.81. The van der Waals surface area contributed by atoms with Crippen molar-refractivity contribution in [1.82, 2.24) is 9.88 Å². The predicted octanol–water partition coefficient (Wildman–Crippen LogP) is 1.68. The number of nitrogens with two attached hydrogens (primary N) is 1. The van der Waals surface area contributed by atoms with Crippen LogP contribution in [0.2, 0.25) is 0 Å². The van der Waals surface area contributed by atoms with Gasteiger partial charge in [0.2, 0.25) is 0 Å². The van der Waals surface area contributed by atoms with Gasteiger partial charge in [-0.15, -0.1) is 0 Å². The Kier molecular flexibility index (Phi) is 4.90. The van der Waals surface area contributed by atoms with Crippen molar-refractivity contribution in [1.29, 1.82) is 0 Å². The number of pyridine rings is 1. The van der Waals surface area contributed by atoms with Crippen LogP contribution >= 0.6 is 0 Å². The maximum Gasteiger partial charge on any atom is 0.0416 e. The first-order valence-corrected chi connectivity index (χ1v) is 5.95. The van der Waals surface area contributed by atoms with Gasteiger partial charge < -0.3 is 5.73 Å². The van der Waals surface area contributed by atoms with E-state index in [9.17, 15) is 0 Å². The van der Waals surface area contributed by atoms with Crippen LogP contribution in [0.4, 0.5) is 0 Å². The first kappa shape index (κ1) is 13.1. The number of hydrogen-bond donors (Lipinski definition) is 1. The summed E-state index contributed by atoms with van der Waals surface area (Å²) in [5, 5.41) is 0. The van der Waals surface area contributed by atoms with Gasteiger partial charge in [0.1, 0.15) is 0 Å². The first-order chi connectivity index (χ1) is 7.60. The Bertz CT molecular complexity index is 295. The molecule has 3 nitrogen and oxygen atoms in total. The van der Waals surface area contributed by atoms with E-state index in [1.165, 1.54) is 0 Å². The van der Waals surface area contributed by atoms with Gasteiger partial charge >= 0.3 is 0 Å². The maximum atomic E-state index is 5.79. The summed E-state index contributed by atoms with van der Waals surface area (Å²) in [7, 11) is 0. The van der Waals surface area contributed by atoms with Crippen molar-refractivity contribution in [3.05, 3.63) is 30.1 Å². The lowest BCUT2D eigenvalue weighted by atomic mass is 10.0. The van der Waals surface area contributed by atoms with Crippen LogP contribution in [0.25, 0.3) is 0 Å². The van der Waals surface area contributed by atoms with Gasteiger partial charge in [0.15, 0.2) is 0 Å². The summed E-state index contributed by atoms with van der Waals surface area (Å²) in [4.78, 5) is 6.74. The van der Waals surface area contributed by atoms with Crippen LogP contribution in [0, 0.1) is 0 Å². The van der Waals surface area contributed by atoms with Gasteiger partial charge in [-0.1, -0.05) is 13.0 Å². The van der Waals surface area contributed by atoms with Crippen molar-refractivity contribution in [2.24, 2.45) is 5.73 Å². The summed E-state index contributed by atoms with van der Waals surface area (Å²) in [6.45, 7) is 9.28. The molecular weight excluding hydrogens is 198 g/mol. The summed E-state index contributed by atoms with van der Waals surface area (Å²) in [6, 6.07) is 6.06. The minimum atomic E-state index is 0.0729. The lowest BCUT2D eigenvalue weighted by Gasteiger charge is -2.37. The minimum Gasteiger partial charge on any atom is -0.329 e. The standard InChI is InChI=1S/C13H23N3/c1-4-16(13(2,3)11-14)10-8-12-7-5-6-9-15-12/h5-7,9H,4,8,10-11,14H2,1-3H3. The molecule has 0 aliphatic heterocycles. The highest BCUT2D eigenvalue weighted by molar-refractivity contribution is 5.04. The highest BCUT2D eigenvalue weighted by atomic mass is 15.2. The number of hydrogen-bond acceptors (Lipinski definition) is 3. The SMILES string of the molecule is CCN(CCc1ccccn1)C(C)(C)CN. The van der Waals surface area contributed by atoms with E-state index in [-0.39, 0.29) is 5.54 Å². The molecule has 0 spiro atoms. The topological polar surface area (TPSA) is 42.2 Å². The van der Waals surface area contributed by atoms with Crippen molar-refractivity contribution in [3.8, 4) is 0 Å². The average Bonchev–Trinajstić information content (AvgIpc) is 2.31. The summed E-state index contributed by atoms with van der Waals surface area (Å²) < 4.78 is 0. The van der Waals surface area contributed by atoms with Gasteiger partial charge in [-0.25, -0.2) is 0 Å². The second-order valence-corrected chi connectivity index (χ2v) is 4.67. The van der Waals surface area contributed by atoms with Crippen molar-refractivity contribution >= 4 is 0 Å². The van der Waals surface area contributed by atoms with E-state index in [4.69, 9.17) is 5.73 Å². The van der Waals surface area contributed by atoms with Crippen LogP contribution in [-0.2, 0) is 6.42 Å². The molecule has 0 aliphatic rings. The van der Waals surface area contributed by atoms with E-state index >= 15 is 0 Å². The fourth-order valence-electron chi connectivity index (χ4n) is 1.81. The molecule has 0 saturated heterocycles. The van der Waals surface area contributed by atoms with Crippen molar-refractivity contribution < 1.29 is 0 Å². The molecule has 0 unspecified atom stereocenters. The van der Waals surface area contributed by atoms with Crippen molar-refractivity contribution in [2.75, 3.05) is 19.6 Å². The van der Waals surface area contributed by atoms with E-state index in [0.717, 1.165) is 25.2 Å². The summed E-state index contributed by atoms with van der Waals surface area (Å²) in [5.74, 6) is 0. The Morgan fingerprint density at radius 1 is 1.38 bits per heavy atom. The molecule has 0 radical (unpaired) electrons. The van der Waals surface area contributed by atoms with Crippen molar-refractivity contribution in [2.45, 2.75) is 32.7 Å². The van der Waals surface area contributed by atoms with Gasteiger partial charge in [-0.3, -0.25) is 9.88 Å². The zero-order chi connectivity index (χ0) is 12.0. The summed E-state index contributed by atoms with van der Waals surface area (Å²) >= 11 is 0. The molecule has 3 heteroatoms.